The van der Waals surface area contributed by atoms with Crippen LogP contribution in [0.5, 0.6) is 0 Å². The minimum atomic E-state index is -0.772. The van der Waals surface area contributed by atoms with Crippen molar-refractivity contribution in [1.82, 2.24) is 14.7 Å². The lowest BCUT2D eigenvalue weighted by atomic mass is 10.0. The maximum absolute atomic E-state index is 10.8. The number of piperazine rings is 1. The zero-order valence-corrected chi connectivity index (χ0v) is 17.1. The highest BCUT2D eigenvalue weighted by Gasteiger charge is 2.27. The molecule has 3 aliphatic rings. The highest BCUT2D eigenvalue weighted by molar-refractivity contribution is 6.02. The lowest BCUT2D eigenvalue weighted by Crippen LogP contribution is -2.49. The van der Waals surface area contributed by atoms with Crippen LogP contribution in [-0.4, -0.2) is 109 Å². The Labute approximate surface area is 176 Å². The number of amidine groups is 1. The standard InChI is InChI=1S/C21H29N5O4/c22-21(26-9-11-29-12-10-26)17-3-1-16(2-4-17)19-13-18(30-23-19)14-24-5-7-25(8-6-24)15-20(27)28/h1-4,18,22H,5-15H2,(H,27,28). The number of oxime groups is 1. The molecule has 3 aliphatic heterocycles. The predicted molar refractivity (Wildman–Crippen MR) is 112 cm³/mol. The number of carboxylic acids is 1. The van der Waals surface area contributed by atoms with E-state index < -0.39 is 5.97 Å². The molecular weight excluding hydrogens is 386 g/mol. The molecule has 0 radical (unpaired) electrons. The molecule has 0 bridgehead atoms. The van der Waals surface area contributed by atoms with Crippen molar-refractivity contribution in [3.05, 3.63) is 35.4 Å². The van der Waals surface area contributed by atoms with Gasteiger partial charge in [-0.1, -0.05) is 29.4 Å². The average Bonchev–Trinajstić information content (AvgIpc) is 3.23. The SMILES string of the molecule is N=C(c1ccc(C2=NOC(CN3CCN(CC(=O)O)CC3)C2)cc1)N1CCOCC1. The van der Waals surface area contributed by atoms with Crippen molar-refractivity contribution in [2.24, 2.45) is 5.16 Å². The number of aliphatic carboxylic acids is 1. The molecule has 3 heterocycles. The Balaban J connectivity index is 1.25. The molecule has 1 aromatic rings. The van der Waals surface area contributed by atoms with Gasteiger partial charge in [0.1, 0.15) is 11.9 Å². The average molecular weight is 415 g/mol. The van der Waals surface area contributed by atoms with Crippen molar-refractivity contribution in [1.29, 1.82) is 5.41 Å². The van der Waals surface area contributed by atoms with Crippen LogP contribution in [0.4, 0.5) is 0 Å². The van der Waals surface area contributed by atoms with Gasteiger partial charge in [-0.2, -0.15) is 0 Å². The Morgan fingerprint density at radius 1 is 1.07 bits per heavy atom. The van der Waals surface area contributed by atoms with Gasteiger partial charge < -0.3 is 19.6 Å². The zero-order valence-electron chi connectivity index (χ0n) is 17.1. The summed E-state index contributed by atoms with van der Waals surface area (Å²) >= 11 is 0. The van der Waals surface area contributed by atoms with E-state index in [0.717, 1.165) is 69.1 Å². The molecule has 0 aliphatic carbocycles. The van der Waals surface area contributed by atoms with Gasteiger partial charge in [0.15, 0.2) is 0 Å². The fourth-order valence-corrected chi connectivity index (χ4v) is 4.10. The fraction of sp³-hybridized carbons (Fsp3) is 0.571. The molecule has 1 aromatic carbocycles. The number of hydrogen-bond donors (Lipinski definition) is 2. The second kappa shape index (κ2) is 9.55. The molecule has 0 spiro atoms. The number of nitrogens with one attached hydrogen (secondary N) is 1. The lowest BCUT2D eigenvalue weighted by Gasteiger charge is -2.34. The van der Waals surface area contributed by atoms with Crippen LogP contribution in [0.1, 0.15) is 17.5 Å². The van der Waals surface area contributed by atoms with E-state index in [0.29, 0.717) is 19.0 Å². The Kier molecular flexibility index (Phi) is 6.61. The van der Waals surface area contributed by atoms with E-state index >= 15 is 0 Å². The van der Waals surface area contributed by atoms with Crippen molar-refractivity contribution >= 4 is 17.5 Å². The Hall–Kier alpha value is -2.49. The van der Waals surface area contributed by atoms with Crippen molar-refractivity contribution < 1.29 is 19.5 Å². The third-order valence-electron chi connectivity index (χ3n) is 5.84. The second-order valence-electron chi connectivity index (χ2n) is 7.97. The zero-order chi connectivity index (χ0) is 20.9. The van der Waals surface area contributed by atoms with Crippen LogP contribution in [-0.2, 0) is 14.4 Å². The minimum Gasteiger partial charge on any atom is -0.480 e. The molecule has 9 nitrogen and oxygen atoms in total. The molecule has 1 unspecified atom stereocenters. The third kappa shape index (κ3) is 5.16. The Morgan fingerprint density at radius 3 is 2.40 bits per heavy atom. The van der Waals surface area contributed by atoms with Crippen LogP contribution in [0, 0.1) is 5.41 Å². The van der Waals surface area contributed by atoms with Gasteiger partial charge in [-0.05, 0) is 5.56 Å². The number of nitrogens with zero attached hydrogens (tertiary/aromatic N) is 4. The maximum atomic E-state index is 10.8. The summed E-state index contributed by atoms with van der Waals surface area (Å²) in [6, 6.07) is 7.98. The number of benzene rings is 1. The van der Waals surface area contributed by atoms with Crippen LogP contribution in [0.2, 0.25) is 0 Å². The number of morpholine rings is 1. The van der Waals surface area contributed by atoms with Crippen molar-refractivity contribution in [3.63, 3.8) is 0 Å². The quantitative estimate of drug-likeness (QED) is 0.516. The summed E-state index contributed by atoms with van der Waals surface area (Å²) in [5.74, 6) is -0.235. The van der Waals surface area contributed by atoms with E-state index in [9.17, 15) is 4.79 Å². The van der Waals surface area contributed by atoms with Gasteiger partial charge >= 0.3 is 5.97 Å². The summed E-state index contributed by atoms with van der Waals surface area (Å²) in [5.41, 5.74) is 2.87. The molecule has 0 amide bonds. The summed E-state index contributed by atoms with van der Waals surface area (Å²) in [7, 11) is 0. The van der Waals surface area contributed by atoms with Crippen molar-refractivity contribution in [2.75, 3.05) is 65.6 Å². The molecule has 30 heavy (non-hydrogen) atoms. The smallest absolute Gasteiger partial charge is 0.317 e. The molecular formula is C21H29N5O4. The van der Waals surface area contributed by atoms with Gasteiger partial charge in [0.05, 0.1) is 25.5 Å². The largest absolute Gasteiger partial charge is 0.480 e. The van der Waals surface area contributed by atoms with E-state index in [-0.39, 0.29) is 12.6 Å². The van der Waals surface area contributed by atoms with E-state index in [4.69, 9.17) is 20.1 Å². The molecule has 2 N–H and O–H groups in total. The monoisotopic (exact) mass is 415 g/mol. The number of carbonyl (C=O) groups is 1. The van der Waals surface area contributed by atoms with Gasteiger partial charge in [0.25, 0.3) is 0 Å². The Bertz CT molecular complexity index is 783. The predicted octanol–water partition coefficient (Wildman–Crippen LogP) is 0.539. The first kappa shape index (κ1) is 20.8. The lowest BCUT2D eigenvalue weighted by molar-refractivity contribution is -0.138. The molecule has 0 aromatic heterocycles. The van der Waals surface area contributed by atoms with Crippen LogP contribution >= 0.6 is 0 Å². The van der Waals surface area contributed by atoms with Crippen LogP contribution in [0.3, 0.4) is 0 Å². The number of rotatable bonds is 6. The number of ether oxygens (including phenoxy) is 1. The maximum Gasteiger partial charge on any atom is 0.317 e. The minimum absolute atomic E-state index is 0.0253. The molecule has 9 heteroatoms. The van der Waals surface area contributed by atoms with E-state index in [1.807, 2.05) is 34.1 Å². The normalized spacial score (nSPS) is 23.1. The first-order valence-corrected chi connectivity index (χ1v) is 10.5. The molecule has 2 fully saturated rings. The number of carboxylic acid groups (broad SMARTS) is 1. The summed E-state index contributed by atoms with van der Waals surface area (Å²) in [4.78, 5) is 22.8. The molecule has 0 saturated carbocycles. The van der Waals surface area contributed by atoms with Gasteiger partial charge in [0.2, 0.25) is 0 Å². The van der Waals surface area contributed by atoms with Crippen molar-refractivity contribution in [2.45, 2.75) is 12.5 Å². The van der Waals surface area contributed by atoms with Gasteiger partial charge in [-0.25, -0.2) is 0 Å². The van der Waals surface area contributed by atoms with E-state index in [1.54, 1.807) is 0 Å². The highest BCUT2D eigenvalue weighted by Crippen LogP contribution is 2.19. The summed E-state index contributed by atoms with van der Waals surface area (Å²) in [6.07, 6.45) is 0.785. The fourth-order valence-electron chi connectivity index (χ4n) is 4.10. The van der Waals surface area contributed by atoms with Crippen LogP contribution < -0.4 is 0 Å². The highest BCUT2D eigenvalue weighted by atomic mass is 16.6. The van der Waals surface area contributed by atoms with Crippen molar-refractivity contribution in [3.8, 4) is 0 Å². The van der Waals surface area contributed by atoms with E-state index in [1.165, 1.54) is 0 Å². The van der Waals surface area contributed by atoms with Gasteiger partial charge in [0, 0.05) is 57.8 Å². The number of hydrogen-bond acceptors (Lipinski definition) is 7. The molecule has 162 valence electrons. The second-order valence-corrected chi connectivity index (χ2v) is 7.97. The summed E-state index contributed by atoms with van der Waals surface area (Å²) in [6.45, 7) is 7.00. The van der Waals surface area contributed by atoms with Crippen LogP contribution in [0.25, 0.3) is 0 Å². The first-order valence-electron chi connectivity index (χ1n) is 10.5. The summed E-state index contributed by atoms with van der Waals surface area (Å²) in [5, 5.41) is 21.6. The first-order chi connectivity index (χ1) is 14.6. The summed E-state index contributed by atoms with van der Waals surface area (Å²) < 4.78 is 5.36. The van der Waals surface area contributed by atoms with Gasteiger partial charge in [-0.3, -0.25) is 20.0 Å². The van der Waals surface area contributed by atoms with Gasteiger partial charge in [-0.15, -0.1) is 0 Å². The molecule has 1 atom stereocenters. The molecule has 4 rings (SSSR count). The topological polar surface area (TPSA) is 102 Å². The van der Waals surface area contributed by atoms with E-state index in [2.05, 4.69) is 10.1 Å². The molecule has 2 saturated heterocycles. The Morgan fingerprint density at radius 2 is 1.73 bits per heavy atom. The third-order valence-corrected chi connectivity index (χ3v) is 5.84. The van der Waals surface area contributed by atoms with Crippen LogP contribution in [0.15, 0.2) is 29.4 Å².